The van der Waals surface area contributed by atoms with Crippen LogP contribution in [-0.4, -0.2) is 62.6 Å². The summed E-state index contributed by atoms with van der Waals surface area (Å²) in [5.74, 6) is 1.97. The molecule has 1 aliphatic heterocycles. The van der Waals surface area contributed by atoms with Crippen molar-refractivity contribution in [3.63, 3.8) is 0 Å². The maximum Gasteiger partial charge on any atom is 0.203 e. The number of nitrogens with one attached hydrogen (secondary N) is 1. The lowest BCUT2D eigenvalue weighted by molar-refractivity contribution is 0.324. The molecule has 0 radical (unpaired) electrons. The number of hydrogen-bond donors (Lipinski definition) is 2. The summed E-state index contributed by atoms with van der Waals surface area (Å²) in [4.78, 5) is 4.27. The zero-order chi connectivity index (χ0) is 20.1. The van der Waals surface area contributed by atoms with Crippen molar-refractivity contribution in [3.8, 4) is 23.0 Å². The second kappa shape index (κ2) is 8.88. The Morgan fingerprint density at radius 2 is 1.57 bits per heavy atom. The number of phenols is 1. The Labute approximate surface area is 170 Å². The van der Waals surface area contributed by atoms with Gasteiger partial charge in [-0.25, -0.2) is 0 Å². The second-order valence-electron chi connectivity index (χ2n) is 6.31. The first kappa shape index (κ1) is 19.9. The molecule has 2 aromatic rings. The Kier molecular flexibility index (Phi) is 6.30. The maximum atomic E-state index is 10.0. The van der Waals surface area contributed by atoms with E-state index in [0.717, 1.165) is 37.6 Å². The topological polar surface area (TPSA) is 66.4 Å². The molecule has 0 unspecified atom stereocenters. The van der Waals surface area contributed by atoms with Gasteiger partial charge < -0.3 is 34.4 Å². The van der Waals surface area contributed by atoms with Crippen LogP contribution in [0.25, 0.3) is 0 Å². The Morgan fingerprint density at radius 3 is 2.11 bits per heavy atom. The third kappa shape index (κ3) is 4.17. The highest BCUT2D eigenvalue weighted by Gasteiger charge is 2.21. The highest BCUT2D eigenvalue weighted by atomic mass is 32.1. The van der Waals surface area contributed by atoms with Gasteiger partial charge in [0.05, 0.1) is 27.0 Å². The monoisotopic (exact) mass is 403 g/mol. The van der Waals surface area contributed by atoms with Gasteiger partial charge in [-0.2, -0.15) is 0 Å². The number of benzene rings is 2. The third-order valence-electron chi connectivity index (χ3n) is 4.71. The van der Waals surface area contributed by atoms with Crippen LogP contribution in [0, 0.1) is 0 Å². The van der Waals surface area contributed by atoms with Gasteiger partial charge in [-0.1, -0.05) is 12.1 Å². The molecule has 8 heteroatoms. The fourth-order valence-electron chi connectivity index (χ4n) is 3.24. The number of hydrogen-bond acceptors (Lipinski definition) is 6. The first-order valence-corrected chi connectivity index (χ1v) is 9.37. The molecule has 0 bridgehead atoms. The number of aromatic hydroxyl groups is 1. The predicted octanol–water partition coefficient (Wildman–Crippen LogP) is 2.94. The van der Waals surface area contributed by atoms with Crippen molar-refractivity contribution in [1.82, 2.24) is 4.90 Å². The second-order valence-corrected chi connectivity index (χ2v) is 6.69. The summed E-state index contributed by atoms with van der Waals surface area (Å²) in [6.45, 7) is 3.05. The van der Waals surface area contributed by atoms with Gasteiger partial charge in [0.2, 0.25) is 5.75 Å². The molecule has 0 saturated carbocycles. The van der Waals surface area contributed by atoms with Crippen LogP contribution in [0.4, 0.5) is 11.4 Å². The molecule has 2 N–H and O–H groups in total. The highest BCUT2D eigenvalue weighted by Crippen LogP contribution is 2.40. The molecule has 1 fully saturated rings. The van der Waals surface area contributed by atoms with E-state index in [1.54, 1.807) is 27.4 Å². The number of methoxy groups -OCH3 is 3. The third-order valence-corrected chi connectivity index (χ3v) is 5.07. The van der Waals surface area contributed by atoms with Crippen LogP contribution in [0.15, 0.2) is 36.4 Å². The van der Waals surface area contributed by atoms with Gasteiger partial charge in [-0.05, 0) is 24.4 Å². The zero-order valence-electron chi connectivity index (χ0n) is 16.3. The molecule has 0 atom stereocenters. The standard InChI is InChI=1S/C20H25N3O4S/c1-25-17-12-14(13-18(26-2)19(17)27-3)21-20(28)23-10-8-22(9-11-23)15-6-4-5-7-16(15)24/h4-7,12-13,24H,8-11H2,1-3H3,(H,21,28). The zero-order valence-corrected chi connectivity index (χ0v) is 17.1. The van der Waals surface area contributed by atoms with E-state index in [1.165, 1.54) is 0 Å². The van der Waals surface area contributed by atoms with E-state index >= 15 is 0 Å². The van der Waals surface area contributed by atoms with Gasteiger partial charge in [0, 0.05) is 44.0 Å². The van der Waals surface area contributed by atoms with Gasteiger partial charge in [0.15, 0.2) is 16.6 Å². The quantitative estimate of drug-likeness (QED) is 0.739. The summed E-state index contributed by atoms with van der Waals surface area (Å²) in [6, 6.07) is 11.0. The first-order chi connectivity index (χ1) is 13.6. The molecular formula is C20H25N3O4S. The summed E-state index contributed by atoms with van der Waals surface area (Å²) in [5.41, 5.74) is 1.62. The lowest BCUT2D eigenvalue weighted by Crippen LogP contribution is -2.50. The van der Waals surface area contributed by atoms with Crippen LogP contribution in [0.3, 0.4) is 0 Å². The minimum Gasteiger partial charge on any atom is -0.506 e. The van der Waals surface area contributed by atoms with Gasteiger partial charge in [0.1, 0.15) is 5.75 Å². The van der Waals surface area contributed by atoms with Gasteiger partial charge >= 0.3 is 0 Å². The lowest BCUT2D eigenvalue weighted by atomic mass is 10.2. The van der Waals surface area contributed by atoms with Crippen LogP contribution < -0.4 is 24.4 Å². The molecule has 28 heavy (non-hydrogen) atoms. The Hall–Kier alpha value is -2.87. The molecule has 3 rings (SSSR count). The lowest BCUT2D eigenvalue weighted by Gasteiger charge is -2.37. The maximum absolute atomic E-state index is 10.0. The number of piperazine rings is 1. The Morgan fingerprint density at radius 1 is 0.964 bits per heavy atom. The Bertz CT molecular complexity index is 813. The highest BCUT2D eigenvalue weighted by molar-refractivity contribution is 7.80. The molecule has 1 heterocycles. The fourth-order valence-corrected chi connectivity index (χ4v) is 3.54. The number of phenolic OH excluding ortho intramolecular Hbond substituents is 1. The summed E-state index contributed by atoms with van der Waals surface area (Å²) < 4.78 is 16.1. The van der Waals surface area contributed by atoms with E-state index in [1.807, 2.05) is 30.3 Å². The Balaban J connectivity index is 1.66. The molecule has 0 aromatic heterocycles. The van der Waals surface area contributed by atoms with Crippen LogP contribution in [0.5, 0.6) is 23.0 Å². The predicted molar refractivity (Wildman–Crippen MR) is 114 cm³/mol. The van der Waals surface area contributed by atoms with Crippen molar-refractivity contribution >= 4 is 28.7 Å². The van der Waals surface area contributed by atoms with E-state index in [-0.39, 0.29) is 0 Å². The molecular weight excluding hydrogens is 378 g/mol. The molecule has 0 amide bonds. The van der Waals surface area contributed by atoms with E-state index in [2.05, 4.69) is 15.1 Å². The normalized spacial score (nSPS) is 13.8. The number of rotatable bonds is 5. The van der Waals surface area contributed by atoms with Crippen LogP contribution in [0.2, 0.25) is 0 Å². The van der Waals surface area contributed by atoms with Crippen LogP contribution in [0.1, 0.15) is 0 Å². The molecule has 7 nitrogen and oxygen atoms in total. The molecule has 0 spiro atoms. The number of nitrogens with zero attached hydrogens (tertiary/aromatic N) is 2. The number of thiocarbonyl (C=S) groups is 1. The fraction of sp³-hybridized carbons (Fsp3) is 0.350. The van der Waals surface area contributed by atoms with Gasteiger partial charge in [0.25, 0.3) is 0 Å². The number of ether oxygens (including phenoxy) is 3. The molecule has 150 valence electrons. The number of anilines is 2. The summed E-state index contributed by atoms with van der Waals surface area (Å²) in [7, 11) is 4.73. The van der Waals surface area contributed by atoms with Crippen molar-refractivity contribution < 1.29 is 19.3 Å². The van der Waals surface area contributed by atoms with Crippen molar-refractivity contribution in [2.45, 2.75) is 0 Å². The van der Waals surface area contributed by atoms with Gasteiger partial charge in [-0.3, -0.25) is 0 Å². The smallest absolute Gasteiger partial charge is 0.203 e. The number of para-hydroxylation sites is 2. The van der Waals surface area contributed by atoms with E-state index < -0.39 is 0 Å². The summed E-state index contributed by atoms with van der Waals surface area (Å²) in [5, 5.41) is 13.9. The average Bonchev–Trinajstić information content (AvgIpc) is 2.73. The van der Waals surface area contributed by atoms with Crippen LogP contribution >= 0.6 is 12.2 Å². The largest absolute Gasteiger partial charge is 0.506 e. The van der Waals surface area contributed by atoms with Crippen LogP contribution in [-0.2, 0) is 0 Å². The summed E-state index contributed by atoms with van der Waals surface area (Å²) >= 11 is 5.59. The van der Waals surface area contributed by atoms with E-state index in [9.17, 15) is 5.11 Å². The molecule has 0 aliphatic carbocycles. The van der Waals surface area contributed by atoms with Crippen molar-refractivity contribution in [2.24, 2.45) is 0 Å². The summed E-state index contributed by atoms with van der Waals surface area (Å²) in [6.07, 6.45) is 0. The van der Waals surface area contributed by atoms with Crippen molar-refractivity contribution in [2.75, 3.05) is 57.7 Å². The molecule has 1 aliphatic rings. The SMILES string of the molecule is COc1cc(NC(=S)N2CCN(c3ccccc3O)CC2)cc(OC)c1OC. The van der Waals surface area contributed by atoms with Gasteiger partial charge in [-0.15, -0.1) is 0 Å². The van der Waals surface area contributed by atoms with E-state index in [0.29, 0.717) is 28.1 Å². The average molecular weight is 404 g/mol. The van der Waals surface area contributed by atoms with Crippen molar-refractivity contribution in [1.29, 1.82) is 0 Å². The minimum atomic E-state index is 0.300. The van der Waals surface area contributed by atoms with E-state index in [4.69, 9.17) is 26.4 Å². The minimum absolute atomic E-state index is 0.300. The van der Waals surface area contributed by atoms with Crippen molar-refractivity contribution in [3.05, 3.63) is 36.4 Å². The first-order valence-electron chi connectivity index (χ1n) is 8.96. The molecule has 2 aromatic carbocycles. The molecule has 1 saturated heterocycles.